The van der Waals surface area contributed by atoms with Crippen LogP contribution in [0.2, 0.25) is 0 Å². The predicted octanol–water partition coefficient (Wildman–Crippen LogP) is 4.09. The van der Waals surface area contributed by atoms with E-state index in [1.54, 1.807) is 30.9 Å². The molecule has 5 rings (SSSR count). The van der Waals surface area contributed by atoms with Gasteiger partial charge in [0.05, 0.1) is 11.3 Å². The molecule has 0 aliphatic carbocycles. The number of carbonyl (C=O) groups excluding carboxylic acids is 1. The van der Waals surface area contributed by atoms with Crippen LogP contribution >= 0.6 is 11.3 Å². The minimum absolute atomic E-state index is 0.161. The molecule has 2 aliphatic rings. The summed E-state index contributed by atoms with van der Waals surface area (Å²) in [6, 6.07) is 10.5. The highest BCUT2D eigenvalue weighted by atomic mass is 32.1. The summed E-state index contributed by atoms with van der Waals surface area (Å²) in [4.78, 5) is 27.4. The van der Waals surface area contributed by atoms with Crippen molar-refractivity contribution in [1.29, 1.82) is 0 Å². The number of anilines is 1. The molecule has 0 unspecified atom stereocenters. The van der Waals surface area contributed by atoms with E-state index >= 15 is 0 Å². The molecule has 0 radical (unpaired) electrons. The number of likely N-dealkylation sites (tertiary alicyclic amines) is 1. The molecule has 0 bridgehead atoms. The Morgan fingerprint density at radius 1 is 1.12 bits per heavy atom. The first-order valence-corrected chi connectivity index (χ1v) is 12.0. The van der Waals surface area contributed by atoms with Gasteiger partial charge in [0.25, 0.3) is 5.91 Å². The van der Waals surface area contributed by atoms with E-state index in [9.17, 15) is 14.3 Å². The second-order valence-corrected chi connectivity index (χ2v) is 10.5. The molecule has 2 aromatic heterocycles. The number of hydrogen-bond donors (Lipinski definition) is 1. The molecule has 172 valence electrons. The van der Waals surface area contributed by atoms with E-state index in [1.165, 1.54) is 17.4 Å². The van der Waals surface area contributed by atoms with Crippen LogP contribution < -0.4 is 4.90 Å². The third kappa shape index (κ3) is 4.13. The van der Waals surface area contributed by atoms with Crippen molar-refractivity contribution in [1.82, 2.24) is 14.9 Å². The van der Waals surface area contributed by atoms with E-state index in [0.717, 1.165) is 23.7 Å². The number of aliphatic hydroxyl groups is 1. The quantitative estimate of drug-likeness (QED) is 0.627. The highest BCUT2D eigenvalue weighted by Crippen LogP contribution is 2.36. The fraction of sp³-hybridized carbons (Fsp3) is 0.400. The summed E-state index contributed by atoms with van der Waals surface area (Å²) >= 11 is 1.50. The van der Waals surface area contributed by atoms with E-state index in [0.29, 0.717) is 30.3 Å². The van der Waals surface area contributed by atoms with Gasteiger partial charge < -0.3 is 14.9 Å². The fourth-order valence-corrected chi connectivity index (χ4v) is 5.62. The van der Waals surface area contributed by atoms with Gasteiger partial charge >= 0.3 is 0 Å². The molecule has 8 heteroatoms. The van der Waals surface area contributed by atoms with Crippen LogP contribution in [0.25, 0.3) is 10.4 Å². The molecule has 4 heterocycles. The SMILES string of the molecule is Cc1cc(C(C)(C)O)nc(N2C[C@H]3CN(C(=O)c4c(F)cccc4-c4cccs4)C[C@H]3C2)n1. The van der Waals surface area contributed by atoms with Crippen LogP contribution in [0.5, 0.6) is 0 Å². The molecule has 2 atom stereocenters. The first kappa shape index (κ1) is 22.0. The van der Waals surface area contributed by atoms with E-state index in [2.05, 4.69) is 14.9 Å². The van der Waals surface area contributed by atoms with Crippen molar-refractivity contribution in [2.45, 2.75) is 26.4 Å². The van der Waals surface area contributed by atoms with Gasteiger partial charge in [0.15, 0.2) is 0 Å². The summed E-state index contributed by atoms with van der Waals surface area (Å²) in [5.74, 6) is 0.458. The topological polar surface area (TPSA) is 69.6 Å². The van der Waals surface area contributed by atoms with Crippen molar-refractivity contribution in [2.24, 2.45) is 11.8 Å². The number of fused-ring (bicyclic) bond motifs is 1. The van der Waals surface area contributed by atoms with Crippen LogP contribution in [0.4, 0.5) is 10.3 Å². The Balaban J connectivity index is 1.34. The number of aromatic nitrogens is 2. The number of nitrogens with zero attached hydrogens (tertiary/aromatic N) is 4. The fourth-order valence-electron chi connectivity index (χ4n) is 4.87. The predicted molar refractivity (Wildman–Crippen MR) is 127 cm³/mol. The van der Waals surface area contributed by atoms with Gasteiger partial charge in [0, 0.05) is 54.1 Å². The smallest absolute Gasteiger partial charge is 0.257 e. The zero-order valence-corrected chi connectivity index (χ0v) is 19.8. The molecule has 0 saturated carbocycles. The molecule has 3 aromatic rings. The minimum Gasteiger partial charge on any atom is -0.384 e. The first-order valence-electron chi connectivity index (χ1n) is 11.2. The number of hydrogen-bond acceptors (Lipinski definition) is 6. The van der Waals surface area contributed by atoms with Gasteiger partial charge in [-0.15, -0.1) is 11.3 Å². The Labute approximate surface area is 196 Å². The van der Waals surface area contributed by atoms with Crippen LogP contribution in [0.15, 0.2) is 41.8 Å². The lowest BCUT2D eigenvalue weighted by Crippen LogP contribution is -2.34. The van der Waals surface area contributed by atoms with Crippen molar-refractivity contribution in [3.05, 3.63) is 64.5 Å². The highest BCUT2D eigenvalue weighted by Gasteiger charge is 2.43. The van der Waals surface area contributed by atoms with Gasteiger partial charge in [-0.25, -0.2) is 14.4 Å². The van der Waals surface area contributed by atoms with Crippen molar-refractivity contribution in [3.63, 3.8) is 0 Å². The molecule has 33 heavy (non-hydrogen) atoms. The summed E-state index contributed by atoms with van der Waals surface area (Å²) in [6.45, 7) is 7.97. The van der Waals surface area contributed by atoms with Gasteiger partial charge in [-0.1, -0.05) is 18.2 Å². The average molecular weight is 467 g/mol. The maximum Gasteiger partial charge on any atom is 0.257 e. The van der Waals surface area contributed by atoms with Crippen LogP contribution in [0.1, 0.15) is 35.6 Å². The molecular weight excluding hydrogens is 439 g/mol. The summed E-state index contributed by atoms with van der Waals surface area (Å²) in [7, 11) is 0. The van der Waals surface area contributed by atoms with Crippen LogP contribution in [-0.4, -0.2) is 52.1 Å². The monoisotopic (exact) mass is 466 g/mol. The molecule has 1 N–H and O–H groups in total. The molecule has 0 spiro atoms. The van der Waals surface area contributed by atoms with Gasteiger partial charge in [-0.05, 0) is 44.4 Å². The lowest BCUT2D eigenvalue weighted by Gasteiger charge is -2.24. The molecule has 1 amide bonds. The minimum atomic E-state index is -1.04. The average Bonchev–Trinajstić information content (AvgIpc) is 3.48. The number of halogens is 1. The first-order chi connectivity index (χ1) is 15.7. The van der Waals surface area contributed by atoms with Crippen molar-refractivity contribution >= 4 is 23.2 Å². The normalized spacial score (nSPS) is 20.4. The van der Waals surface area contributed by atoms with Gasteiger partial charge in [-0.3, -0.25) is 4.79 Å². The van der Waals surface area contributed by atoms with E-state index in [1.807, 2.05) is 30.5 Å². The molecule has 2 aliphatic heterocycles. The second-order valence-electron chi connectivity index (χ2n) is 9.53. The molecule has 2 fully saturated rings. The molecule has 6 nitrogen and oxygen atoms in total. The standard InChI is InChI=1S/C25H27FN4O2S/c1-15-10-21(25(2,3)32)28-24(27-15)30-13-16-11-29(12-17(16)14-30)23(31)22-18(6-4-7-19(22)26)20-8-5-9-33-20/h4-10,16-17,32H,11-14H2,1-3H3/t16-,17+. The maximum absolute atomic E-state index is 14.8. The molecular formula is C25H27FN4O2S. The van der Waals surface area contributed by atoms with Gasteiger partial charge in [0.1, 0.15) is 11.4 Å². The van der Waals surface area contributed by atoms with Gasteiger partial charge in [0.2, 0.25) is 5.95 Å². The summed E-state index contributed by atoms with van der Waals surface area (Å²) in [5, 5.41) is 12.3. The number of amides is 1. The zero-order chi connectivity index (χ0) is 23.3. The van der Waals surface area contributed by atoms with Crippen LogP contribution in [0.3, 0.4) is 0 Å². The van der Waals surface area contributed by atoms with Crippen molar-refractivity contribution in [3.8, 4) is 10.4 Å². The summed E-state index contributed by atoms with van der Waals surface area (Å²) in [5.41, 5.74) is 1.18. The Hall–Kier alpha value is -2.84. The number of rotatable bonds is 4. The molecule has 1 aromatic carbocycles. The Kier molecular flexibility index (Phi) is 5.45. The molecule has 2 saturated heterocycles. The Morgan fingerprint density at radius 2 is 1.85 bits per heavy atom. The lowest BCUT2D eigenvalue weighted by molar-refractivity contribution is 0.0735. The zero-order valence-electron chi connectivity index (χ0n) is 19.0. The number of aryl methyl sites for hydroxylation is 1. The van der Waals surface area contributed by atoms with E-state index < -0.39 is 11.4 Å². The number of carbonyl (C=O) groups is 1. The third-order valence-electron chi connectivity index (χ3n) is 6.54. The van der Waals surface area contributed by atoms with Crippen molar-refractivity contribution < 1.29 is 14.3 Å². The number of thiophene rings is 1. The van der Waals surface area contributed by atoms with Crippen molar-refractivity contribution in [2.75, 3.05) is 31.1 Å². The van der Waals surface area contributed by atoms with Gasteiger partial charge in [-0.2, -0.15) is 0 Å². The number of benzene rings is 1. The maximum atomic E-state index is 14.8. The van der Waals surface area contributed by atoms with Crippen LogP contribution in [0, 0.1) is 24.6 Å². The van der Waals surface area contributed by atoms with E-state index in [-0.39, 0.29) is 23.3 Å². The third-order valence-corrected chi connectivity index (χ3v) is 7.44. The largest absolute Gasteiger partial charge is 0.384 e. The highest BCUT2D eigenvalue weighted by molar-refractivity contribution is 7.13. The van der Waals surface area contributed by atoms with Crippen LogP contribution in [-0.2, 0) is 5.60 Å². The van der Waals surface area contributed by atoms with E-state index in [4.69, 9.17) is 0 Å². The second kappa shape index (κ2) is 8.18. The summed E-state index contributed by atoms with van der Waals surface area (Å²) < 4.78 is 14.8. The summed E-state index contributed by atoms with van der Waals surface area (Å²) in [6.07, 6.45) is 0. The lowest BCUT2D eigenvalue weighted by atomic mass is 10.0. The Bertz CT molecular complexity index is 1180. The Morgan fingerprint density at radius 3 is 2.48 bits per heavy atom.